The van der Waals surface area contributed by atoms with E-state index >= 15 is 0 Å². The molecule has 0 unspecified atom stereocenters. The van der Waals surface area contributed by atoms with E-state index in [1.807, 2.05) is 53.2 Å². The Balaban J connectivity index is 1.90. The van der Waals surface area contributed by atoms with Crippen molar-refractivity contribution in [1.82, 2.24) is 19.4 Å². The molecule has 152 valence electrons. The fourth-order valence-electron chi connectivity index (χ4n) is 3.82. The highest BCUT2D eigenvalue weighted by Crippen LogP contribution is 2.44. The van der Waals surface area contributed by atoms with Crippen LogP contribution in [0.3, 0.4) is 0 Å². The number of nitrogens with zero attached hydrogens (tertiary/aromatic N) is 4. The van der Waals surface area contributed by atoms with E-state index in [1.54, 1.807) is 31.4 Å². The highest BCUT2D eigenvalue weighted by atomic mass is 79.9. The minimum absolute atomic E-state index is 0.155. The predicted octanol–water partition coefficient (Wildman–Crippen LogP) is 4.90. The van der Waals surface area contributed by atoms with Gasteiger partial charge in [0, 0.05) is 52.2 Å². The second kappa shape index (κ2) is 7.52. The van der Waals surface area contributed by atoms with Crippen LogP contribution in [-0.2, 0) is 7.05 Å². The van der Waals surface area contributed by atoms with Gasteiger partial charge in [0.25, 0.3) is 5.56 Å². The van der Waals surface area contributed by atoms with Crippen LogP contribution in [0.2, 0.25) is 0 Å². The van der Waals surface area contributed by atoms with Crippen molar-refractivity contribution in [2.24, 2.45) is 7.05 Å². The summed E-state index contributed by atoms with van der Waals surface area (Å²) in [6.45, 7) is 0. The normalized spacial score (nSPS) is 11.2. The van der Waals surface area contributed by atoms with Gasteiger partial charge in [-0.05, 0) is 42.0 Å². The van der Waals surface area contributed by atoms with Crippen LogP contribution in [0.15, 0.2) is 88.4 Å². The number of fused-ring (bicyclic) bond motifs is 1. The Labute approximate surface area is 186 Å². The quantitative estimate of drug-likeness (QED) is 0.405. The van der Waals surface area contributed by atoms with Crippen LogP contribution in [0.1, 0.15) is 0 Å². The van der Waals surface area contributed by atoms with Crippen molar-refractivity contribution in [2.45, 2.75) is 0 Å². The number of halogens is 1. The Bertz CT molecular complexity index is 1500. The number of aromatic nitrogens is 4. The molecule has 0 aliphatic rings. The Kier molecular flexibility index (Phi) is 4.67. The maximum Gasteiger partial charge on any atom is 0.266 e. The smallest absolute Gasteiger partial charge is 0.266 e. The summed E-state index contributed by atoms with van der Waals surface area (Å²) in [5.41, 5.74) is 5.59. The van der Waals surface area contributed by atoms with Gasteiger partial charge in [-0.15, -0.1) is 0 Å². The number of hydrogen-bond donors (Lipinski definition) is 1. The van der Waals surface area contributed by atoms with Crippen molar-refractivity contribution in [3.05, 3.63) is 94.0 Å². The molecular weight excluding hydrogens is 456 g/mol. The molecule has 0 radical (unpaired) electrons. The second-order valence-electron chi connectivity index (χ2n) is 7.15. The van der Waals surface area contributed by atoms with Crippen molar-refractivity contribution in [2.75, 3.05) is 0 Å². The zero-order valence-corrected chi connectivity index (χ0v) is 18.1. The average Bonchev–Trinajstić information content (AvgIpc) is 3.26. The molecule has 6 nitrogen and oxygen atoms in total. The van der Waals surface area contributed by atoms with Gasteiger partial charge in [-0.25, -0.2) is 9.20 Å². The van der Waals surface area contributed by atoms with Crippen molar-refractivity contribution < 1.29 is 5.11 Å². The largest absolute Gasteiger partial charge is 0.507 e. The fourth-order valence-corrected chi connectivity index (χ4v) is 4.18. The van der Waals surface area contributed by atoms with Crippen molar-refractivity contribution >= 4 is 21.4 Å². The average molecular weight is 473 g/mol. The van der Waals surface area contributed by atoms with E-state index in [-0.39, 0.29) is 11.3 Å². The zero-order chi connectivity index (χ0) is 21.5. The lowest BCUT2D eigenvalue weighted by Crippen LogP contribution is -2.18. The summed E-state index contributed by atoms with van der Waals surface area (Å²) in [5.74, 6) is 0.155. The van der Waals surface area contributed by atoms with Crippen LogP contribution >= 0.6 is 15.9 Å². The number of benzene rings is 2. The van der Waals surface area contributed by atoms with Crippen LogP contribution in [-0.4, -0.2) is 24.5 Å². The molecule has 0 atom stereocenters. The van der Waals surface area contributed by atoms with E-state index < -0.39 is 0 Å². The minimum Gasteiger partial charge on any atom is -0.507 e. The van der Waals surface area contributed by atoms with Gasteiger partial charge in [-0.3, -0.25) is 4.79 Å². The lowest BCUT2D eigenvalue weighted by Gasteiger charge is -2.17. The van der Waals surface area contributed by atoms with Crippen molar-refractivity contribution in [3.63, 3.8) is 0 Å². The Morgan fingerprint density at radius 2 is 1.71 bits per heavy atom. The first kappa shape index (κ1) is 19.3. The lowest BCUT2D eigenvalue weighted by molar-refractivity contribution is 0.477. The van der Waals surface area contributed by atoms with Gasteiger partial charge in [0.2, 0.25) is 0 Å². The van der Waals surface area contributed by atoms with Gasteiger partial charge < -0.3 is 5.11 Å². The van der Waals surface area contributed by atoms with Crippen LogP contribution in [0.4, 0.5) is 0 Å². The van der Waals surface area contributed by atoms with Crippen LogP contribution in [0, 0.1) is 0 Å². The Hall–Kier alpha value is -3.71. The maximum absolute atomic E-state index is 11.9. The molecule has 0 aliphatic carbocycles. The molecular formula is C24H17BrN4O2. The van der Waals surface area contributed by atoms with E-state index in [0.717, 1.165) is 32.2 Å². The SMILES string of the molecule is Cn1nc(-c2cccc(-c3cccn4nccc34)c2-c2cc(Br)ccc2O)ccc1=O. The molecule has 0 amide bonds. The molecule has 3 aromatic heterocycles. The molecule has 0 spiro atoms. The minimum atomic E-state index is -0.184. The molecule has 1 N–H and O–H groups in total. The first-order valence-electron chi connectivity index (χ1n) is 9.62. The maximum atomic E-state index is 11.9. The summed E-state index contributed by atoms with van der Waals surface area (Å²) >= 11 is 3.52. The zero-order valence-electron chi connectivity index (χ0n) is 16.5. The van der Waals surface area contributed by atoms with Gasteiger partial charge in [-0.2, -0.15) is 10.2 Å². The van der Waals surface area contributed by atoms with E-state index in [9.17, 15) is 9.90 Å². The summed E-state index contributed by atoms with van der Waals surface area (Å²) in [7, 11) is 1.62. The third kappa shape index (κ3) is 3.33. The van der Waals surface area contributed by atoms with E-state index in [1.165, 1.54) is 10.7 Å². The molecule has 5 aromatic rings. The molecule has 3 heterocycles. The third-order valence-corrected chi connectivity index (χ3v) is 5.75. The molecule has 2 aromatic carbocycles. The summed E-state index contributed by atoms with van der Waals surface area (Å²) < 4.78 is 3.97. The first-order chi connectivity index (χ1) is 15.0. The van der Waals surface area contributed by atoms with E-state index in [4.69, 9.17) is 0 Å². The standard InChI is InChI=1S/C24H17BrN4O2/c1-28-23(31)10-8-20(27-28)18-5-2-4-17(16-6-3-13-29-21(16)11-12-26-29)24(18)19-14-15(25)7-9-22(19)30/h2-14,30H,1H3. The Morgan fingerprint density at radius 1 is 0.903 bits per heavy atom. The van der Waals surface area contributed by atoms with Crippen LogP contribution < -0.4 is 5.56 Å². The summed E-state index contributed by atoms with van der Waals surface area (Å²) in [6, 6.07) is 20.4. The lowest BCUT2D eigenvalue weighted by atomic mass is 9.88. The number of phenols is 1. The first-order valence-corrected chi connectivity index (χ1v) is 10.4. The number of aryl methyl sites for hydroxylation is 1. The highest BCUT2D eigenvalue weighted by molar-refractivity contribution is 9.10. The molecule has 7 heteroatoms. The number of phenolic OH excluding ortho intramolecular Hbond substituents is 1. The highest BCUT2D eigenvalue weighted by Gasteiger charge is 2.19. The van der Waals surface area contributed by atoms with Crippen LogP contribution in [0.25, 0.3) is 39.0 Å². The van der Waals surface area contributed by atoms with Gasteiger partial charge in [-0.1, -0.05) is 40.2 Å². The third-order valence-electron chi connectivity index (χ3n) is 5.26. The topological polar surface area (TPSA) is 72.4 Å². The second-order valence-corrected chi connectivity index (χ2v) is 8.07. The molecule has 0 aliphatic heterocycles. The number of aromatic hydroxyl groups is 1. The molecule has 5 rings (SSSR count). The van der Waals surface area contributed by atoms with Gasteiger partial charge in [0.05, 0.1) is 11.2 Å². The number of pyridine rings is 1. The number of hydrogen-bond acceptors (Lipinski definition) is 4. The molecule has 0 saturated heterocycles. The monoisotopic (exact) mass is 472 g/mol. The molecule has 31 heavy (non-hydrogen) atoms. The fraction of sp³-hybridized carbons (Fsp3) is 0.0417. The molecule has 0 bridgehead atoms. The van der Waals surface area contributed by atoms with Crippen LogP contribution in [0.5, 0.6) is 5.75 Å². The molecule has 0 fully saturated rings. The predicted molar refractivity (Wildman–Crippen MR) is 124 cm³/mol. The van der Waals surface area contributed by atoms with Gasteiger partial charge in [0.1, 0.15) is 5.75 Å². The van der Waals surface area contributed by atoms with Crippen molar-refractivity contribution in [3.8, 4) is 39.3 Å². The van der Waals surface area contributed by atoms with E-state index in [0.29, 0.717) is 11.3 Å². The number of rotatable bonds is 3. The Morgan fingerprint density at radius 3 is 2.55 bits per heavy atom. The van der Waals surface area contributed by atoms with Crippen molar-refractivity contribution in [1.29, 1.82) is 0 Å². The summed E-state index contributed by atoms with van der Waals surface area (Å²) in [6.07, 6.45) is 3.65. The van der Waals surface area contributed by atoms with Gasteiger partial charge in [0.15, 0.2) is 0 Å². The molecule has 0 saturated carbocycles. The summed E-state index contributed by atoms with van der Waals surface area (Å²) in [5, 5.41) is 19.6. The van der Waals surface area contributed by atoms with E-state index in [2.05, 4.69) is 26.1 Å². The van der Waals surface area contributed by atoms with Gasteiger partial charge >= 0.3 is 0 Å². The summed E-state index contributed by atoms with van der Waals surface area (Å²) in [4.78, 5) is 11.9.